The van der Waals surface area contributed by atoms with Gasteiger partial charge in [0, 0.05) is 19.2 Å². The number of fused-ring (bicyclic) bond motifs is 1. The van der Waals surface area contributed by atoms with Crippen molar-refractivity contribution in [3.05, 3.63) is 59.2 Å². The first-order valence-corrected chi connectivity index (χ1v) is 10.9. The number of unbranched alkanes of at least 4 members (excludes halogenated alkanes) is 1. The molecule has 1 amide bonds. The van der Waals surface area contributed by atoms with E-state index in [4.69, 9.17) is 9.47 Å². The molecule has 0 saturated carbocycles. The first-order chi connectivity index (χ1) is 15.5. The van der Waals surface area contributed by atoms with Crippen LogP contribution >= 0.6 is 0 Å². The summed E-state index contributed by atoms with van der Waals surface area (Å²) in [6.45, 7) is 3.78. The lowest BCUT2D eigenvalue weighted by Gasteiger charge is -2.28. The van der Waals surface area contributed by atoms with Crippen LogP contribution in [0.1, 0.15) is 36.9 Å². The summed E-state index contributed by atoms with van der Waals surface area (Å²) in [5.74, 6) is -0.101. The highest BCUT2D eigenvalue weighted by Crippen LogP contribution is 2.41. The maximum atomic E-state index is 13.1. The molecule has 0 aliphatic carbocycles. The summed E-state index contributed by atoms with van der Waals surface area (Å²) in [4.78, 5) is 29.7. The summed E-state index contributed by atoms with van der Waals surface area (Å²) in [6, 6.07) is 11.9. The van der Waals surface area contributed by atoms with Gasteiger partial charge in [-0.15, -0.1) is 0 Å². The standard InChI is InChI=1S/C25H28N2O5/c1-4-5-11-27-22(16-7-6-8-18(14-16)31-3)21(24(29)25(27)30)23(28)17-9-10-20-19(15-17)26(2)12-13-32-20/h6-10,14-15,22,28H,4-5,11-13H2,1-3H3/b23-21-. The molecule has 0 radical (unpaired) electrons. The third-order valence-corrected chi connectivity index (χ3v) is 6.03. The van der Waals surface area contributed by atoms with Crippen LogP contribution in [0.2, 0.25) is 0 Å². The minimum absolute atomic E-state index is 0.0960. The summed E-state index contributed by atoms with van der Waals surface area (Å²) in [5.41, 5.74) is 2.12. The topological polar surface area (TPSA) is 79.3 Å². The third-order valence-electron chi connectivity index (χ3n) is 6.03. The van der Waals surface area contributed by atoms with Gasteiger partial charge in [0.25, 0.3) is 11.7 Å². The van der Waals surface area contributed by atoms with E-state index in [9.17, 15) is 14.7 Å². The fourth-order valence-electron chi connectivity index (χ4n) is 4.25. The normalized spacial score (nSPS) is 19.7. The first-order valence-electron chi connectivity index (χ1n) is 10.9. The number of hydrogen-bond donors (Lipinski definition) is 1. The maximum Gasteiger partial charge on any atom is 0.295 e. The number of aliphatic hydroxyl groups excluding tert-OH is 1. The summed E-state index contributed by atoms with van der Waals surface area (Å²) in [5, 5.41) is 11.3. The zero-order valence-electron chi connectivity index (χ0n) is 18.6. The number of rotatable bonds is 6. The number of nitrogens with zero attached hydrogens (tertiary/aromatic N) is 2. The lowest BCUT2D eigenvalue weighted by Crippen LogP contribution is -2.30. The molecule has 2 aliphatic rings. The number of carbonyl (C=O) groups is 2. The Balaban J connectivity index is 1.85. The molecule has 1 atom stereocenters. The van der Waals surface area contributed by atoms with Crippen LogP contribution in [0.4, 0.5) is 5.69 Å². The number of hydrogen-bond acceptors (Lipinski definition) is 6. The van der Waals surface area contributed by atoms with Gasteiger partial charge in [-0.05, 0) is 42.3 Å². The number of likely N-dealkylation sites (tertiary alicyclic amines) is 1. The van der Waals surface area contributed by atoms with Crippen molar-refractivity contribution in [1.29, 1.82) is 0 Å². The molecule has 2 aliphatic heterocycles. The van der Waals surface area contributed by atoms with Crippen molar-refractivity contribution in [2.45, 2.75) is 25.8 Å². The van der Waals surface area contributed by atoms with Gasteiger partial charge < -0.3 is 24.4 Å². The van der Waals surface area contributed by atoms with E-state index in [1.54, 1.807) is 42.3 Å². The Morgan fingerprint density at radius 3 is 2.78 bits per heavy atom. The molecule has 2 heterocycles. The summed E-state index contributed by atoms with van der Waals surface area (Å²) in [6.07, 6.45) is 1.64. The number of ether oxygens (including phenoxy) is 2. The zero-order chi connectivity index (χ0) is 22.8. The molecule has 4 rings (SSSR count). The van der Waals surface area contributed by atoms with E-state index in [0.717, 1.165) is 36.4 Å². The van der Waals surface area contributed by atoms with Gasteiger partial charge in [-0.25, -0.2) is 0 Å². The molecule has 0 spiro atoms. The van der Waals surface area contributed by atoms with Gasteiger partial charge in [0.2, 0.25) is 0 Å². The largest absolute Gasteiger partial charge is 0.507 e. The number of benzene rings is 2. The summed E-state index contributed by atoms with van der Waals surface area (Å²) in [7, 11) is 3.52. The Bertz CT molecular complexity index is 1080. The molecule has 1 unspecified atom stereocenters. The molecular weight excluding hydrogens is 408 g/mol. The third kappa shape index (κ3) is 3.79. The van der Waals surface area contributed by atoms with Gasteiger partial charge in [0.1, 0.15) is 23.9 Å². The maximum absolute atomic E-state index is 13.1. The molecule has 32 heavy (non-hydrogen) atoms. The van der Waals surface area contributed by atoms with Crippen LogP contribution in [0.25, 0.3) is 5.76 Å². The van der Waals surface area contributed by atoms with Gasteiger partial charge in [0.15, 0.2) is 0 Å². The van der Waals surface area contributed by atoms with E-state index in [0.29, 0.717) is 24.5 Å². The van der Waals surface area contributed by atoms with Crippen molar-refractivity contribution in [1.82, 2.24) is 4.90 Å². The number of carbonyl (C=O) groups excluding carboxylic acids is 2. The van der Waals surface area contributed by atoms with Crippen LogP contribution in [0.5, 0.6) is 11.5 Å². The number of Topliss-reactive ketones (excluding diaryl/α,β-unsaturated/α-hetero) is 1. The van der Waals surface area contributed by atoms with E-state index in [1.165, 1.54) is 0 Å². The van der Waals surface area contributed by atoms with Gasteiger partial charge in [-0.2, -0.15) is 0 Å². The van der Waals surface area contributed by atoms with Crippen LogP contribution in [-0.2, 0) is 9.59 Å². The van der Waals surface area contributed by atoms with Gasteiger partial charge in [-0.3, -0.25) is 9.59 Å². The molecule has 168 valence electrons. The highest BCUT2D eigenvalue weighted by atomic mass is 16.5. The molecule has 1 saturated heterocycles. The highest BCUT2D eigenvalue weighted by molar-refractivity contribution is 6.46. The van der Waals surface area contributed by atoms with Crippen molar-refractivity contribution in [3.8, 4) is 11.5 Å². The number of ketones is 1. The van der Waals surface area contributed by atoms with Crippen LogP contribution in [0, 0.1) is 0 Å². The molecule has 2 aromatic carbocycles. The Morgan fingerprint density at radius 2 is 2.03 bits per heavy atom. The molecule has 2 aromatic rings. The quantitative estimate of drug-likeness (QED) is 0.422. The second kappa shape index (κ2) is 8.94. The summed E-state index contributed by atoms with van der Waals surface area (Å²) >= 11 is 0. The average molecular weight is 437 g/mol. The molecule has 1 fully saturated rings. The van der Waals surface area contributed by atoms with Crippen molar-refractivity contribution in [2.75, 3.05) is 38.8 Å². The summed E-state index contributed by atoms with van der Waals surface area (Å²) < 4.78 is 11.0. The van der Waals surface area contributed by atoms with Crippen molar-refractivity contribution in [3.63, 3.8) is 0 Å². The van der Waals surface area contributed by atoms with Gasteiger partial charge >= 0.3 is 0 Å². The molecule has 0 bridgehead atoms. The van der Waals surface area contributed by atoms with Gasteiger partial charge in [0.05, 0.1) is 31.0 Å². The number of likely N-dealkylation sites (N-methyl/N-ethyl adjacent to an activating group) is 1. The fraction of sp³-hybridized carbons (Fsp3) is 0.360. The minimum Gasteiger partial charge on any atom is -0.507 e. The lowest BCUT2D eigenvalue weighted by molar-refractivity contribution is -0.139. The second-order valence-corrected chi connectivity index (χ2v) is 8.08. The Morgan fingerprint density at radius 1 is 1.22 bits per heavy atom. The Kier molecular flexibility index (Phi) is 6.08. The molecule has 1 N–H and O–H groups in total. The SMILES string of the molecule is CCCCN1C(=O)C(=O)/C(=C(\O)c2ccc3c(c2)N(C)CCO3)C1c1cccc(OC)c1. The predicted octanol–water partition coefficient (Wildman–Crippen LogP) is 3.75. The van der Waals surface area contributed by atoms with E-state index in [1.807, 2.05) is 31.0 Å². The minimum atomic E-state index is -0.679. The molecule has 7 nitrogen and oxygen atoms in total. The number of amides is 1. The van der Waals surface area contributed by atoms with Crippen LogP contribution in [0.15, 0.2) is 48.0 Å². The van der Waals surface area contributed by atoms with Crippen LogP contribution in [0.3, 0.4) is 0 Å². The fourth-order valence-corrected chi connectivity index (χ4v) is 4.25. The first kappa shape index (κ1) is 21.7. The van der Waals surface area contributed by atoms with Crippen LogP contribution < -0.4 is 14.4 Å². The van der Waals surface area contributed by atoms with Crippen LogP contribution in [-0.4, -0.2) is 55.6 Å². The Hall–Kier alpha value is -3.48. The van der Waals surface area contributed by atoms with Crippen molar-refractivity contribution in [2.24, 2.45) is 0 Å². The zero-order valence-corrected chi connectivity index (χ0v) is 18.6. The monoisotopic (exact) mass is 436 g/mol. The molecule has 0 aromatic heterocycles. The molecular formula is C25H28N2O5. The predicted molar refractivity (Wildman–Crippen MR) is 122 cm³/mol. The lowest BCUT2D eigenvalue weighted by atomic mass is 9.94. The number of anilines is 1. The van der Waals surface area contributed by atoms with E-state index >= 15 is 0 Å². The Labute approximate surface area is 187 Å². The number of methoxy groups -OCH3 is 1. The van der Waals surface area contributed by atoms with Crippen molar-refractivity contribution < 1.29 is 24.2 Å². The second-order valence-electron chi connectivity index (χ2n) is 8.08. The average Bonchev–Trinajstić information content (AvgIpc) is 3.07. The van der Waals surface area contributed by atoms with Gasteiger partial charge in [-0.1, -0.05) is 25.5 Å². The number of aliphatic hydroxyl groups is 1. The molecule has 7 heteroatoms. The smallest absolute Gasteiger partial charge is 0.295 e. The van der Waals surface area contributed by atoms with E-state index < -0.39 is 17.7 Å². The van der Waals surface area contributed by atoms with Crippen molar-refractivity contribution >= 4 is 23.1 Å². The van der Waals surface area contributed by atoms with E-state index in [-0.39, 0.29) is 11.3 Å². The van der Waals surface area contributed by atoms with E-state index in [2.05, 4.69) is 0 Å². The highest BCUT2D eigenvalue weighted by Gasteiger charge is 2.45.